The first-order chi connectivity index (χ1) is 6.09. The van der Waals surface area contributed by atoms with Gasteiger partial charge < -0.3 is 5.11 Å². The lowest BCUT2D eigenvalue weighted by molar-refractivity contribution is 0.244. The van der Waals surface area contributed by atoms with E-state index >= 15 is 0 Å². The molecule has 0 aliphatic carbocycles. The predicted molar refractivity (Wildman–Crippen MR) is 56.8 cm³/mol. The molecular weight excluding hydrogens is 184 g/mol. The Morgan fingerprint density at radius 1 is 1.38 bits per heavy atom. The summed E-state index contributed by atoms with van der Waals surface area (Å²) in [6.07, 6.45) is 1.40. The zero-order chi connectivity index (χ0) is 9.84. The van der Waals surface area contributed by atoms with E-state index in [-0.39, 0.29) is 0 Å². The topological polar surface area (TPSA) is 20.2 Å². The van der Waals surface area contributed by atoms with Crippen LogP contribution in [-0.2, 0) is 0 Å². The van der Waals surface area contributed by atoms with Crippen molar-refractivity contribution in [2.24, 2.45) is 0 Å². The summed E-state index contributed by atoms with van der Waals surface area (Å²) in [5, 5.41) is 9.87. The molecule has 1 nitrogen and oxygen atoms in total. The number of allylic oxidation sites excluding steroid dienone is 1. The molecule has 0 aliphatic heterocycles. The van der Waals surface area contributed by atoms with Gasteiger partial charge in [0.05, 0.1) is 6.10 Å². The SMILES string of the molecule is C/C(=C/C(C)O)c1ccc(Cl)cc1. The maximum atomic E-state index is 9.14. The van der Waals surface area contributed by atoms with Crippen LogP contribution in [0, 0.1) is 0 Å². The van der Waals surface area contributed by atoms with Crippen LogP contribution < -0.4 is 0 Å². The van der Waals surface area contributed by atoms with Crippen molar-refractivity contribution >= 4 is 17.2 Å². The normalized spacial score (nSPS) is 14.3. The number of rotatable bonds is 2. The van der Waals surface area contributed by atoms with Crippen molar-refractivity contribution in [1.82, 2.24) is 0 Å². The number of benzene rings is 1. The van der Waals surface area contributed by atoms with Gasteiger partial charge in [-0.05, 0) is 37.1 Å². The van der Waals surface area contributed by atoms with E-state index in [0.717, 1.165) is 16.2 Å². The van der Waals surface area contributed by atoms with Crippen LogP contribution in [0.2, 0.25) is 5.02 Å². The minimum Gasteiger partial charge on any atom is -0.389 e. The Morgan fingerprint density at radius 3 is 2.38 bits per heavy atom. The van der Waals surface area contributed by atoms with Gasteiger partial charge in [0.15, 0.2) is 0 Å². The third-order valence-corrected chi connectivity index (χ3v) is 2.04. The Bertz CT molecular complexity index is 298. The first-order valence-electron chi connectivity index (χ1n) is 4.22. The summed E-state index contributed by atoms with van der Waals surface area (Å²) in [5.41, 5.74) is 2.15. The Hall–Kier alpha value is -0.790. The maximum absolute atomic E-state index is 9.14. The van der Waals surface area contributed by atoms with Crippen molar-refractivity contribution in [3.63, 3.8) is 0 Å². The molecule has 1 rings (SSSR count). The highest BCUT2D eigenvalue weighted by Gasteiger charge is 1.96. The summed E-state index contributed by atoms with van der Waals surface area (Å²) in [6.45, 7) is 3.70. The predicted octanol–water partition coefficient (Wildman–Crippen LogP) is 3.12. The molecule has 0 bridgehead atoms. The van der Waals surface area contributed by atoms with Gasteiger partial charge in [-0.2, -0.15) is 0 Å². The second-order valence-corrected chi connectivity index (χ2v) is 3.53. The molecule has 0 saturated carbocycles. The molecule has 70 valence electrons. The highest BCUT2D eigenvalue weighted by molar-refractivity contribution is 6.30. The molecule has 0 spiro atoms. The zero-order valence-corrected chi connectivity index (χ0v) is 8.55. The maximum Gasteiger partial charge on any atom is 0.0698 e. The molecule has 0 aliphatic rings. The van der Waals surface area contributed by atoms with Gasteiger partial charge in [0, 0.05) is 5.02 Å². The van der Waals surface area contributed by atoms with E-state index in [4.69, 9.17) is 16.7 Å². The number of aliphatic hydroxyl groups is 1. The molecule has 0 radical (unpaired) electrons. The number of hydrogen-bond donors (Lipinski definition) is 1. The van der Waals surface area contributed by atoms with Crippen molar-refractivity contribution in [2.75, 3.05) is 0 Å². The Morgan fingerprint density at radius 2 is 1.92 bits per heavy atom. The highest BCUT2D eigenvalue weighted by atomic mass is 35.5. The van der Waals surface area contributed by atoms with E-state index in [1.54, 1.807) is 6.92 Å². The van der Waals surface area contributed by atoms with Crippen LogP contribution >= 0.6 is 11.6 Å². The third kappa shape index (κ3) is 3.21. The average molecular weight is 197 g/mol. The first-order valence-corrected chi connectivity index (χ1v) is 4.60. The average Bonchev–Trinajstić information content (AvgIpc) is 2.04. The van der Waals surface area contributed by atoms with Gasteiger partial charge in [-0.3, -0.25) is 0 Å². The van der Waals surface area contributed by atoms with Crippen LogP contribution in [0.25, 0.3) is 5.57 Å². The molecule has 1 unspecified atom stereocenters. The minimum absolute atomic E-state index is 0.407. The number of halogens is 1. The lowest BCUT2D eigenvalue weighted by Gasteiger charge is -2.03. The van der Waals surface area contributed by atoms with Gasteiger partial charge in [0.25, 0.3) is 0 Å². The smallest absolute Gasteiger partial charge is 0.0698 e. The van der Waals surface area contributed by atoms with Gasteiger partial charge in [-0.25, -0.2) is 0 Å². The van der Waals surface area contributed by atoms with Crippen LogP contribution in [0.5, 0.6) is 0 Å². The molecule has 1 N–H and O–H groups in total. The fraction of sp³-hybridized carbons (Fsp3) is 0.273. The summed E-state index contributed by atoms with van der Waals surface area (Å²) in [4.78, 5) is 0. The monoisotopic (exact) mass is 196 g/mol. The summed E-state index contributed by atoms with van der Waals surface area (Å²) < 4.78 is 0. The summed E-state index contributed by atoms with van der Waals surface area (Å²) in [7, 11) is 0. The molecule has 0 aromatic heterocycles. The third-order valence-electron chi connectivity index (χ3n) is 1.79. The Kier molecular flexibility index (Phi) is 3.52. The van der Waals surface area contributed by atoms with Crippen molar-refractivity contribution in [3.8, 4) is 0 Å². The molecule has 0 amide bonds. The van der Waals surface area contributed by atoms with E-state index in [2.05, 4.69) is 0 Å². The molecule has 0 saturated heterocycles. The van der Waals surface area contributed by atoms with E-state index < -0.39 is 6.10 Å². The first kappa shape index (κ1) is 10.3. The van der Waals surface area contributed by atoms with E-state index in [0.29, 0.717) is 0 Å². The lowest BCUT2D eigenvalue weighted by Crippen LogP contribution is -1.94. The molecule has 1 atom stereocenters. The van der Waals surface area contributed by atoms with Crippen LogP contribution in [-0.4, -0.2) is 11.2 Å². The largest absolute Gasteiger partial charge is 0.389 e. The number of aliphatic hydroxyl groups excluding tert-OH is 1. The number of hydrogen-bond acceptors (Lipinski definition) is 1. The van der Waals surface area contributed by atoms with Crippen LogP contribution in [0.3, 0.4) is 0 Å². The molecule has 2 heteroatoms. The fourth-order valence-corrected chi connectivity index (χ4v) is 1.30. The lowest BCUT2D eigenvalue weighted by atomic mass is 10.1. The van der Waals surface area contributed by atoms with Crippen LogP contribution in [0.1, 0.15) is 19.4 Å². The van der Waals surface area contributed by atoms with Crippen molar-refractivity contribution in [1.29, 1.82) is 0 Å². The van der Waals surface area contributed by atoms with Gasteiger partial charge in [0.2, 0.25) is 0 Å². The zero-order valence-electron chi connectivity index (χ0n) is 7.79. The van der Waals surface area contributed by atoms with Gasteiger partial charge >= 0.3 is 0 Å². The van der Waals surface area contributed by atoms with Crippen LogP contribution in [0.4, 0.5) is 0 Å². The molecule has 0 fully saturated rings. The van der Waals surface area contributed by atoms with E-state index in [1.807, 2.05) is 37.3 Å². The summed E-state index contributed by atoms with van der Waals surface area (Å²) in [6, 6.07) is 7.57. The Balaban J connectivity index is 2.89. The van der Waals surface area contributed by atoms with Crippen molar-refractivity contribution in [3.05, 3.63) is 40.9 Å². The van der Waals surface area contributed by atoms with Gasteiger partial charge in [-0.1, -0.05) is 29.8 Å². The second-order valence-electron chi connectivity index (χ2n) is 3.10. The van der Waals surface area contributed by atoms with E-state index in [9.17, 15) is 0 Å². The van der Waals surface area contributed by atoms with Crippen molar-refractivity contribution < 1.29 is 5.11 Å². The molecule has 1 aromatic rings. The molecule has 13 heavy (non-hydrogen) atoms. The van der Waals surface area contributed by atoms with Crippen LogP contribution in [0.15, 0.2) is 30.3 Å². The molecule has 0 heterocycles. The fourth-order valence-electron chi connectivity index (χ4n) is 1.17. The highest BCUT2D eigenvalue weighted by Crippen LogP contribution is 2.17. The second kappa shape index (κ2) is 4.45. The summed E-state index contributed by atoms with van der Waals surface area (Å²) >= 11 is 5.75. The quantitative estimate of drug-likeness (QED) is 0.771. The van der Waals surface area contributed by atoms with Gasteiger partial charge in [0.1, 0.15) is 0 Å². The minimum atomic E-state index is -0.407. The summed E-state index contributed by atoms with van der Waals surface area (Å²) in [5.74, 6) is 0. The van der Waals surface area contributed by atoms with Gasteiger partial charge in [-0.15, -0.1) is 0 Å². The standard InChI is InChI=1S/C11H13ClO/c1-8(7-9(2)13)10-3-5-11(12)6-4-10/h3-7,9,13H,1-2H3/b8-7-. The Labute approximate surface area is 83.7 Å². The van der Waals surface area contributed by atoms with Crippen molar-refractivity contribution in [2.45, 2.75) is 20.0 Å². The molecule has 1 aromatic carbocycles. The van der Waals surface area contributed by atoms with E-state index in [1.165, 1.54) is 0 Å². The molecular formula is C11H13ClO.